The first kappa shape index (κ1) is 17.8. The van der Waals surface area contributed by atoms with Gasteiger partial charge in [-0.15, -0.1) is 0 Å². The molecule has 0 unspecified atom stereocenters. The maximum absolute atomic E-state index is 12.2. The fourth-order valence-electron chi connectivity index (χ4n) is 2.57. The summed E-state index contributed by atoms with van der Waals surface area (Å²) in [4.78, 5) is 28.7. The Bertz CT molecular complexity index is 1050. The number of carbonyl (C=O) groups excluding carboxylic acids is 2. The van der Waals surface area contributed by atoms with E-state index in [4.69, 9.17) is 4.74 Å². The van der Waals surface area contributed by atoms with Crippen molar-refractivity contribution in [3.63, 3.8) is 0 Å². The Labute approximate surface area is 154 Å². The van der Waals surface area contributed by atoms with E-state index in [9.17, 15) is 9.59 Å². The second-order valence-corrected chi connectivity index (χ2v) is 6.51. The van der Waals surface area contributed by atoms with Crippen molar-refractivity contribution in [3.8, 4) is 0 Å². The largest absolute Gasteiger partial charge is 0.465 e. The first-order valence-electron chi connectivity index (χ1n) is 8.16. The number of esters is 1. The van der Waals surface area contributed by atoms with Gasteiger partial charge in [0.25, 0.3) is 5.91 Å². The van der Waals surface area contributed by atoms with Crippen LogP contribution in [0.15, 0.2) is 59.6 Å². The summed E-state index contributed by atoms with van der Waals surface area (Å²) in [6, 6.07) is 14.9. The van der Waals surface area contributed by atoms with Gasteiger partial charge in [-0.25, -0.2) is 4.79 Å². The molecule has 3 aromatic rings. The fraction of sp³-hybridized carbons (Fsp3) is 0.150. The number of fused-ring (bicyclic) bond motifs is 1. The molecule has 0 aliphatic carbocycles. The van der Waals surface area contributed by atoms with E-state index in [0.717, 1.165) is 15.8 Å². The van der Waals surface area contributed by atoms with E-state index in [1.54, 1.807) is 18.2 Å². The van der Waals surface area contributed by atoms with E-state index < -0.39 is 0 Å². The number of ether oxygens (including phenoxy) is 1. The highest BCUT2D eigenvalue weighted by molar-refractivity contribution is 7.16. The molecular formula is C20H18N2O3S. The zero-order valence-electron chi connectivity index (χ0n) is 14.5. The van der Waals surface area contributed by atoms with E-state index in [0.29, 0.717) is 16.9 Å². The number of methoxy groups -OCH3 is 1. The molecule has 0 saturated carbocycles. The average Bonchev–Trinajstić information content (AvgIpc) is 3.02. The molecule has 0 aliphatic rings. The van der Waals surface area contributed by atoms with Gasteiger partial charge in [-0.2, -0.15) is 4.99 Å². The summed E-state index contributed by atoms with van der Waals surface area (Å²) in [5.74, 6) is -0.709. The standard InChI is InChI=1S/C20H18N2O3S/c1-3-22-16-11-10-15(19(24)25-2)13-17(16)26-20(22)21-18(23)12-9-14-7-5-4-6-8-14/h4-13H,3H2,1-2H3. The first-order valence-corrected chi connectivity index (χ1v) is 8.97. The van der Waals surface area contributed by atoms with Gasteiger partial charge in [-0.05, 0) is 36.8 Å². The lowest BCUT2D eigenvalue weighted by Gasteiger charge is -2.01. The third-order valence-corrected chi connectivity index (χ3v) is 4.88. The highest BCUT2D eigenvalue weighted by atomic mass is 32.1. The smallest absolute Gasteiger partial charge is 0.337 e. The molecule has 3 rings (SSSR count). The molecule has 0 radical (unpaired) electrons. The summed E-state index contributed by atoms with van der Waals surface area (Å²) in [5, 5.41) is 0. The molecule has 1 aromatic heterocycles. The lowest BCUT2D eigenvalue weighted by molar-refractivity contribution is -0.113. The number of amides is 1. The van der Waals surface area contributed by atoms with Gasteiger partial charge >= 0.3 is 5.97 Å². The van der Waals surface area contributed by atoms with Crippen molar-refractivity contribution in [2.75, 3.05) is 7.11 Å². The summed E-state index contributed by atoms with van der Waals surface area (Å²) in [5.41, 5.74) is 2.36. The zero-order valence-corrected chi connectivity index (χ0v) is 15.3. The number of nitrogens with zero attached hydrogens (tertiary/aromatic N) is 2. The molecule has 6 heteroatoms. The molecule has 5 nitrogen and oxygen atoms in total. The van der Waals surface area contributed by atoms with Crippen LogP contribution < -0.4 is 4.80 Å². The second kappa shape index (κ2) is 7.93. The lowest BCUT2D eigenvalue weighted by Crippen LogP contribution is -2.15. The van der Waals surface area contributed by atoms with Crippen LogP contribution in [0.1, 0.15) is 22.8 Å². The van der Waals surface area contributed by atoms with Gasteiger partial charge in [-0.1, -0.05) is 41.7 Å². The molecular weight excluding hydrogens is 348 g/mol. The normalized spacial score (nSPS) is 12.0. The molecule has 0 aliphatic heterocycles. The highest BCUT2D eigenvalue weighted by Gasteiger charge is 2.10. The quantitative estimate of drug-likeness (QED) is 0.523. The highest BCUT2D eigenvalue weighted by Crippen LogP contribution is 2.19. The lowest BCUT2D eigenvalue weighted by atomic mass is 10.2. The molecule has 0 atom stereocenters. The number of carbonyl (C=O) groups is 2. The first-order chi connectivity index (χ1) is 12.6. The van der Waals surface area contributed by atoms with Crippen LogP contribution in [0, 0.1) is 0 Å². The van der Waals surface area contributed by atoms with Gasteiger partial charge in [0.05, 0.1) is 22.9 Å². The maximum Gasteiger partial charge on any atom is 0.337 e. The molecule has 132 valence electrons. The Morgan fingerprint density at radius 1 is 1.19 bits per heavy atom. The number of benzene rings is 2. The third-order valence-electron chi connectivity index (χ3n) is 3.84. The van der Waals surface area contributed by atoms with E-state index in [1.807, 2.05) is 47.9 Å². The van der Waals surface area contributed by atoms with Crippen LogP contribution in [-0.2, 0) is 16.1 Å². The van der Waals surface area contributed by atoms with Crippen LogP contribution in [0.25, 0.3) is 16.3 Å². The minimum Gasteiger partial charge on any atom is -0.465 e. The zero-order chi connectivity index (χ0) is 18.5. The predicted octanol–water partition coefficient (Wildman–Crippen LogP) is 3.65. The SMILES string of the molecule is CCn1c(=NC(=O)C=Cc2ccccc2)sc2cc(C(=O)OC)ccc21. The van der Waals surface area contributed by atoms with Crippen LogP contribution in [0.3, 0.4) is 0 Å². The van der Waals surface area contributed by atoms with Crippen LogP contribution >= 0.6 is 11.3 Å². The van der Waals surface area contributed by atoms with Crippen molar-refractivity contribution in [1.29, 1.82) is 0 Å². The minimum absolute atomic E-state index is 0.323. The van der Waals surface area contributed by atoms with Crippen molar-refractivity contribution in [1.82, 2.24) is 4.57 Å². The van der Waals surface area contributed by atoms with Gasteiger partial charge in [0, 0.05) is 12.6 Å². The van der Waals surface area contributed by atoms with Crippen molar-refractivity contribution >= 4 is 39.5 Å². The van der Waals surface area contributed by atoms with Crippen LogP contribution in [0.5, 0.6) is 0 Å². The molecule has 0 bridgehead atoms. The van der Waals surface area contributed by atoms with E-state index in [2.05, 4.69) is 4.99 Å². The predicted molar refractivity (Wildman–Crippen MR) is 103 cm³/mol. The second-order valence-electron chi connectivity index (χ2n) is 5.50. The Morgan fingerprint density at radius 2 is 1.96 bits per heavy atom. The number of aromatic nitrogens is 1. The molecule has 0 spiro atoms. The summed E-state index contributed by atoms with van der Waals surface area (Å²) in [6.45, 7) is 2.66. The Balaban J connectivity index is 1.98. The van der Waals surface area contributed by atoms with Crippen LogP contribution in [-0.4, -0.2) is 23.6 Å². The average molecular weight is 366 g/mol. The molecule has 1 amide bonds. The molecule has 0 fully saturated rings. The van der Waals surface area contributed by atoms with Crippen LogP contribution in [0.2, 0.25) is 0 Å². The molecule has 26 heavy (non-hydrogen) atoms. The fourth-order valence-corrected chi connectivity index (χ4v) is 3.71. The van der Waals surface area contributed by atoms with Crippen molar-refractivity contribution in [3.05, 3.63) is 70.5 Å². The van der Waals surface area contributed by atoms with Crippen molar-refractivity contribution in [2.45, 2.75) is 13.5 Å². The van der Waals surface area contributed by atoms with Crippen LogP contribution in [0.4, 0.5) is 0 Å². The van der Waals surface area contributed by atoms with Gasteiger partial charge < -0.3 is 9.30 Å². The Morgan fingerprint density at radius 3 is 2.65 bits per heavy atom. The number of hydrogen-bond donors (Lipinski definition) is 0. The molecule has 0 saturated heterocycles. The molecule has 0 N–H and O–H groups in total. The van der Waals surface area contributed by atoms with E-state index in [1.165, 1.54) is 24.5 Å². The summed E-state index contributed by atoms with van der Waals surface area (Å²) in [6.07, 6.45) is 3.20. The van der Waals surface area contributed by atoms with Gasteiger partial charge in [0.1, 0.15) is 0 Å². The van der Waals surface area contributed by atoms with E-state index in [-0.39, 0.29) is 11.9 Å². The van der Waals surface area contributed by atoms with Gasteiger partial charge in [0.2, 0.25) is 0 Å². The maximum atomic E-state index is 12.2. The third kappa shape index (κ3) is 3.81. The number of rotatable bonds is 4. The summed E-state index contributed by atoms with van der Waals surface area (Å²) >= 11 is 1.37. The van der Waals surface area contributed by atoms with Gasteiger partial charge in [0.15, 0.2) is 4.80 Å². The topological polar surface area (TPSA) is 60.7 Å². The van der Waals surface area contributed by atoms with E-state index >= 15 is 0 Å². The van der Waals surface area contributed by atoms with Crippen molar-refractivity contribution < 1.29 is 14.3 Å². The molecule has 1 heterocycles. The van der Waals surface area contributed by atoms with Gasteiger partial charge in [-0.3, -0.25) is 4.79 Å². The number of aryl methyl sites for hydroxylation is 1. The summed E-state index contributed by atoms with van der Waals surface area (Å²) < 4.78 is 7.60. The summed E-state index contributed by atoms with van der Waals surface area (Å²) in [7, 11) is 1.35. The van der Waals surface area contributed by atoms with Crippen molar-refractivity contribution in [2.24, 2.45) is 4.99 Å². The minimum atomic E-state index is -0.385. The number of hydrogen-bond acceptors (Lipinski definition) is 4. The monoisotopic (exact) mass is 366 g/mol. The molecule has 2 aromatic carbocycles. The Hall–Kier alpha value is -2.99. The Kier molecular flexibility index (Phi) is 5.43. The number of thiazole rings is 1.